The molecule has 1 saturated carbocycles. The van der Waals surface area contributed by atoms with E-state index in [4.69, 9.17) is 4.74 Å². The highest BCUT2D eigenvalue weighted by molar-refractivity contribution is 5.95. The lowest BCUT2D eigenvalue weighted by molar-refractivity contribution is -0.129. The molecule has 2 atom stereocenters. The third-order valence-corrected chi connectivity index (χ3v) is 8.88. The van der Waals surface area contributed by atoms with E-state index in [1.165, 1.54) is 33.4 Å². The molecule has 0 spiro atoms. The summed E-state index contributed by atoms with van der Waals surface area (Å²) in [6.07, 6.45) is 6.10. The zero-order valence-corrected chi connectivity index (χ0v) is 24.0. The van der Waals surface area contributed by atoms with Crippen molar-refractivity contribution in [3.05, 3.63) is 112 Å². The van der Waals surface area contributed by atoms with E-state index in [2.05, 4.69) is 103 Å². The van der Waals surface area contributed by atoms with Crippen LogP contribution in [0.1, 0.15) is 52.6 Å². The summed E-state index contributed by atoms with van der Waals surface area (Å²) in [5.41, 5.74) is 8.18. The lowest BCUT2D eigenvalue weighted by Gasteiger charge is -2.47. The molecule has 0 radical (unpaired) electrons. The zero-order valence-electron chi connectivity index (χ0n) is 24.0. The molecule has 2 aliphatic heterocycles. The number of hydrogen-bond acceptors (Lipinski definition) is 4. The summed E-state index contributed by atoms with van der Waals surface area (Å²) in [5, 5.41) is 7.52. The van der Waals surface area contributed by atoms with Crippen LogP contribution in [0.25, 0.3) is 0 Å². The average molecular weight is 536 g/mol. The molecule has 3 aliphatic rings. The molecule has 0 aromatic heterocycles. The van der Waals surface area contributed by atoms with Crippen molar-refractivity contribution in [1.82, 2.24) is 15.5 Å². The molecular weight excluding hydrogens is 494 g/mol. The maximum atomic E-state index is 13.8. The second-order valence-electron chi connectivity index (χ2n) is 11.9. The molecule has 208 valence electrons. The van der Waals surface area contributed by atoms with Crippen molar-refractivity contribution in [3.8, 4) is 5.75 Å². The minimum Gasteiger partial charge on any atom is -0.493 e. The Morgan fingerprint density at radius 3 is 2.52 bits per heavy atom. The number of fused-ring (bicyclic) bond motifs is 2. The van der Waals surface area contributed by atoms with Crippen LogP contribution < -0.4 is 15.4 Å². The zero-order chi connectivity index (χ0) is 27.7. The van der Waals surface area contributed by atoms with Gasteiger partial charge in [0.1, 0.15) is 5.75 Å². The van der Waals surface area contributed by atoms with Gasteiger partial charge in [-0.3, -0.25) is 10.1 Å². The molecule has 2 unspecified atom stereocenters. The van der Waals surface area contributed by atoms with Crippen LogP contribution in [0.3, 0.4) is 0 Å². The highest BCUT2D eigenvalue weighted by Gasteiger charge is 2.44. The molecule has 1 saturated heterocycles. The number of hydrogen-bond donors (Lipinski definition) is 2. The third kappa shape index (κ3) is 5.59. The number of nitrogens with zero attached hydrogens (tertiary/aromatic N) is 1. The van der Waals surface area contributed by atoms with E-state index in [9.17, 15) is 4.79 Å². The number of aryl methyl sites for hydroxylation is 2. The quantitative estimate of drug-likeness (QED) is 0.379. The van der Waals surface area contributed by atoms with E-state index < -0.39 is 0 Å². The van der Waals surface area contributed by atoms with Crippen LogP contribution in [-0.4, -0.2) is 42.6 Å². The van der Waals surface area contributed by atoms with E-state index in [1.54, 1.807) is 0 Å². The van der Waals surface area contributed by atoms with E-state index >= 15 is 0 Å². The van der Waals surface area contributed by atoms with Crippen molar-refractivity contribution < 1.29 is 9.53 Å². The van der Waals surface area contributed by atoms with Crippen LogP contribution in [-0.2, 0) is 23.3 Å². The Balaban J connectivity index is 1.12. The van der Waals surface area contributed by atoms with Crippen molar-refractivity contribution in [2.24, 2.45) is 0 Å². The summed E-state index contributed by atoms with van der Waals surface area (Å²) >= 11 is 0. The Labute approximate surface area is 238 Å². The molecule has 40 heavy (non-hydrogen) atoms. The summed E-state index contributed by atoms with van der Waals surface area (Å²) < 4.78 is 6.16. The van der Waals surface area contributed by atoms with Crippen LogP contribution in [0, 0.1) is 20.8 Å². The van der Waals surface area contributed by atoms with Crippen LogP contribution >= 0.6 is 0 Å². The fourth-order valence-corrected chi connectivity index (χ4v) is 6.27. The molecule has 2 bridgehead atoms. The maximum absolute atomic E-state index is 13.8. The standard InChI is InChI=1S/C35H41N3O2/c1-24-19-25(2)26(3)33(20-24)40-18-16-27-9-11-29(12-10-27)35-17-15-31(32(37-35)21-36-23-35)34(39)38(30-13-14-30)22-28-7-5-4-6-8-28/h4-12,15,19-20,30,32,36-37H,13-14,16-18,21-23H2,1-3H3. The topological polar surface area (TPSA) is 53.6 Å². The van der Waals surface area contributed by atoms with E-state index in [0.717, 1.165) is 50.1 Å². The summed E-state index contributed by atoms with van der Waals surface area (Å²) in [6, 6.07) is 24.0. The number of carbonyl (C=O) groups is 1. The molecule has 5 nitrogen and oxygen atoms in total. The van der Waals surface area contributed by atoms with E-state index in [1.807, 2.05) is 6.07 Å². The third-order valence-electron chi connectivity index (χ3n) is 8.88. The number of amides is 1. The molecule has 3 aromatic rings. The second kappa shape index (κ2) is 11.2. The number of piperazine rings is 1. The monoisotopic (exact) mass is 535 g/mol. The van der Waals surface area contributed by atoms with Gasteiger partial charge in [-0.25, -0.2) is 0 Å². The van der Waals surface area contributed by atoms with Crippen molar-refractivity contribution in [2.75, 3.05) is 19.7 Å². The van der Waals surface area contributed by atoms with Crippen molar-refractivity contribution >= 4 is 5.91 Å². The molecule has 2 heterocycles. The first-order valence-corrected chi connectivity index (χ1v) is 14.8. The second-order valence-corrected chi connectivity index (χ2v) is 11.9. The number of carbonyl (C=O) groups excluding carboxylic acids is 1. The molecule has 2 fully saturated rings. The van der Waals surface area contributed by atoms with Crippen LogP contribution in [0.4, 0.5) is 0 Å². The molecule has 5 heteroatoms. The van der Waals surface area contributed by atoms with Gasteiger partial charge in [-0.1, -0.05) is 66.7 Å². The Kier molecular flexibility index (Phi) is 7.52. The molecule has 1 amide bonds. The molecule has 2 N–H and O–H groups in total. The molecule has 6 rings (SSSR count). The smallest absolute Gasteiger partial charge is 0.251 e. The summed E-state index contributed by atoms with van der Waals surface area (Å²) in [5.74, 6) is 1.18. The SMILES string of the molecule is Cc1cc(C)c(C)c(OCCc2ccc(C34CC=C(C(=O)N(Cc5ccccc5)C5CC5)C(CNC3)N4)cc2)c1. The minimum absolute atomic E-state index is 0.0149. The van der Waals surface area contributed by atoms with E-state index in [0.29, 0.717) is 19.2 Å². The predicted octanol–water partition coefficient (Wildman–Crippen LogP) is 5.51. The lowest BCUT2D eigenvalue weighted by Crippen LogP contribution is -2.65. The van der Waals surface area contributed by atoms with Gasteiger partial charge in [0.25, 0.3) is 5.91 Å². The Morgan fingerprint density at radius 2 is 1.77 bits per heavy atom. The van der Waals surface area contributed by atoms with Gasteiger partial charge in [0.15, 0.2) is 0 Å². The Bertz CT molecular complexity index is 1390. The molecule has 1 aliphatic carbocycles. The van der Waals surface area contributed by atoms with Crippen LogP contribution in [0.15, 0.2) is 78.4 Å². The first-order chi connectivity index (χ1) is 19.4. The van der Waals surface area contributed by atoms with Gasteiger partial charge in [0.05, 0.1) is 18.2 Å². The minimum atomic E-state index is -0.193. The number of ether oxygens (including phenoxy) is 1. The summed E-state index contributed by atoms with van der Waals surface area (Å²) in [6.45, 7) is 9.35. The number of nitrogens with one attached hydrogen (secondary N) is 2. The van der Waals surface area contributed by atoms with Crippen LogP contribution in [0.2, 0.25) is 0 Å². The van der Waals surface area contributed by atoms with E-state index in [-0.39, 0.29) is 17.5 Å². The van der Waals surface area contributed by atoms with Gasteiger partial charge in [0, 0.05) is 37.7 Å². The van der Waals surface area contributed by atoms with Gasteiger partial charge in [-0.2, -0.15) is 0 Å². The summed E-state index contributed by atoms with van der Waals surface area (Å²) in [7, 11) is 0. The first kappa shape index (κ1) is 26.8. The Hall–Kier alpha value is -3.41. The number of rotatable bonds is 9. The average Bonchev–Trinajstić information content (AvgIpc) is 3.81. The fraction of sp³-hybridized carbons (Fsp3) is 0.400. The maximum Gasteiger partial charge on any atom is 0.251 e. The highest BCUT2D eigenvalue weighted by atomic mass is 16.5. The van der Waals surface area contributed by atoms with Gasteiger partial charge in [-0.05, 0) is 79.5 Å². The van der Waals surface area contributed by atoms with Gasteiger partial charge >= 0.3 is 0 Å². The fourth-order valence-electron chi connectivity index (χ4n) is 6.27. The van der Waals surface area contributed by atoms with Gasteiger partial charge in [0.2, 0.25) is 0 Å². The molecular formula is C35H41N3O2. The van der Waals surface area contributed by atoms with Crippen molar-refractivity contribution in [2.45, 2.75) is 70.6 Å². The first-order valence-electron chi connectivity index (χ1n) is 14.8. The predicted molar refractivity (Wildman–Crippen MR) is 160 cm³/mol. The highest BCUT2D eigenvalue weighted by Crippen LogP contribution is 2.36. The lowest BCUT2D eigenvalue weighted by atomic mass is 9.78. The van der Waals surface area contributed by atoms with Crippen LogP contribution in [0.5, 0.6) is 5.75 Å². The molecule has 3 aromatic carbocycles. The van der Waals surface area contributed by atoms with Gasteiger partial charge in [-0.15, -0.1) is 0 Å². The largest absolute Gasteiger partial charge is 0.493 e. The Morgan fingerprint density at radius 1 is 1.00 bits per heavy atom. The summed E-state index contributed by atoms with van der Waals surface area (Å²) in [4.78, 5) is 15.9. The normalized spacial score (nSPS) is 22.0. The van der Waals surface area contributed by atoms with Crippen molar-refractivity contribution in [3.63, 3.8) is 0 Å². The van der Waals surface area contributed by atoms with Crippen molar-refractivity contribution in [1.29, 1.82) is 0 Å². The van der Waals surface area contributed by atoms with Gasteiger partial charge < -0.3 is 15.0 Å². The number of benzene rings is 3.